The molecular formula is C20H24N4O2S. The first kappa shape index (κ1) is 19.3. The normalized spacial score (nSPS) is 10.9. The van der Waals surface area contributed by atoms with Crippen LogP contribution in [0.5, 0.6) is 0 Å². The molecule has 0 unspecified atom stereocenters. The van der Waals surface area contributed by atoms with E-state index in [1.54, 1.807) is 10.3 Å². The maximum Gasteiger partial charge on any atom is 0.273 e. The Morgan fingerprint density at radius 2 is 2.04 bits per heavy atom. The summed E-state index contributed by atoms with van der Waals surface area (Å²) in [7, 11) is 1.81. The summed E-state index contributed by atoms with van der Waals surface area (Å²) in [5.41, 5.74) is 7.96. The average Bonchev–Trinajstić information content (AvgIpc) is 3.37. The van der Waals surface area contributed by atoms with Crippen molar-refractivity contribution < 1.29 is 9.32 Å². The minimum absolute atomic E-state index is 0.0475. The molecular weight excluding hydrogens is 360 g/mol. The Labute approximate surface area is 163 Å². The Morgan fingerprint density at radius 3 is 2.78 bits per heavy atom. The molecule has 142 valence electrons. The van der Waals surface area contributed by atoms with Gasteiger partial charge in [0.2, 0.25) is 0 Å². The van der Waals surface area contributed by atoms with Crippen LogP contribution in [0.4, 0.5) is 0 Å². The van der Waals surface area contributed by atoms with Crippen molar-refractivity contribution in [3.63, 3.8) is 0 Å². The maximum atomic E-state index is 12.3. The molecule has 3 aromatic rings. The Hall–Kier alpha value is -2.51. The van der Waals surface area contributed by atoms with Gasteiger partial charge in [-0.15, -0.1) is 11.3 Å². The molecule has 0 aliphatic rings. The van der Waals surface area contributed by atoms with Crippen LogP contribution in [0.1, 0.15) is 40.5 Å². The van der Waals surface area contributed by atoms with Crippen molar-refractivity contribution in [2.75, 3.05) is 13.6 Å². The molecule has 1 amide bonds. The van der Waals surface area contributed by atoms with Crippen molar-refractivity contribution >= 4 is 17.2 Å². The number of thiazole rings is 1. The largest absolute Gasteiger partial charge is 0.361 e. The van der Waals surface area contributed by atoms with Crippen LogP contribution < -0.4 is 5.73 Å². The van der Waals surface area contributed by atoms with Crippen molar-refractivity contribution in [1.82, 2.24) is 15.0 Å². The quantitative estimate of drug-likeness (QED) is 0.568. The van der Waals surface area contributed by atoms with Gasteiger partial charge in [0.05, 0.1) is 0 Å². The van der Waals surface area contributed by atoms with Crippen LogP contribution in [0.25, 0.3) is 11.3 Å². The minimum atomic E-state index is -0.0475. The predicted molar refractivity (Wildman–Crippen MR) is 106 cm³/mol. The number of nitrogens with two attached hydrogens (primary N) is 1. The highest BCUT2D eigenvalue weighted by Gasteiger charge is 2.14. The highest BCUT2D eigenvalue weighted by atomic mass is 32.1. The zero-order valence-corrected chi connectivity index (χ0v) is 16.2. The van der Waals surface area contributed by atoms with E-state index in [2.05, 4.69) is 10.1 Å². The first-order valence-corrected chi connectivity index (χ1v) is 9.96. The van der Waals surface area contributed by atoms with Crippen LogP contribution in [-0.4, -0.2) is 34.5 Å². The second kappa shape index (κ2) is 9.43. The minimum Gasteiger partial charge on any atom is -0.361 e. The van der Waals surface area contributed by atoms with Crippen LogP contribution in [0.15, 0.2) is 46.3 Å². The summed E-state index contributed by atoms with van der Waals surface area (Å²) in [5.74, 6) is 0.851. The lowest BCUT2D eigenvalue weighted by molar-refractivity contribution is 0.0787. The summed E-state index contributed by atoms with van der Waals surface area (Å²) in [4.78, 5) is 18.3. The van der Waals surface area contributed by atoms with Crippen LogP contribution in [0.3, 0.4) is 0 Å². The van der Waals surface area contributed by atoms with E-state index >= 15 is 0 Å². The van der Waals surface area contributed by atoms with Gasteiger partial charge in [-0.2, -0.15) is 0 Å². The highest BCUT2D eigenvalue weighted by molar-refractivity contribution is 7.09. The summed E-state index contributed by atoms with van der Waals surface area (Å²) in [6.07, 6.45) is 3.81. The number of aryl methyl sites for hydroxylation is 1. The van der Waals surface area contributed by atoms with Gasteiger partial charge in [-0.25, -0.2) is 4.98 Å². The van der Waals surface area contributed by atoms with Crippen molar-refractivity contribution in [1.29, 1.82) is 0 Å². The summed E-state index contributed by atoms with van der Waals surface area (Å²) >= 11 is 1.43. The number of unbranched alkanes of at least 4 members (excludes halogenated alkanes) is 2. The Bertz CT molecular complexity index is 860. The molecule has 0 atom stereocenters. The average molecular weight is 385 g/mol. The van der Waals surface area contributed by atoms with E-state index in [4.69, 9.17) is 10.3 Å². The number of aromatic nitrogens is 2. The van der Waals surface area contributed by atoms with Crippen LogP contribution >= 0.6 is 11.3 Å². The molecule has 2 N–H and O–H groups in total. The number of amides is 1. The van der Waals surface area contributed by atoms with Crippen molar-refractivity contribution in [2.24, 2.45) is 5.73 Å². The third-order valence-electron chi connectivity index (χ3n) is 4.34. The number of carbonyl (C=O) groups is 1. The van der Waals surface area contributed by atoms with Crippen LogP contribution in [-0.2, 0) is 13.0 Å². The number of hydrogen-bond donors (Lipinski definition) is 1. The fourth-order valence-electron chi connectivity index (χ4n) is 2.80. The topological polar surface area (TPSA) is 85.2 Å². The fourth-order valence-corrected chi connectivity index (χ4v) is 3.45. The number of hydrogen-bond acceptors (Lipinski definition) is 6. The molecule has 0 saturated heterocycles. The lowest BCUT2D eigenvalue weighted by Crippen LogP contribution is -2.28. The summed E-state index contributed by atoms with van der Waals surface area (Å²) in [6, 6.07) is 12.0. The van der Waals surface area contributed by atoms with Crippen molar-refractivity contribution in [2.45, 2.75) is 32.2 Å². The molecule has 27 heavy (non-hydrogen) atoms. The Kier molecular flexibility index (Phi) is 6.73. The molecule has 0 bridgehead atoms. The summed E-state index contributed by atoms with van der Waals surface area (Å²) in [6.45, 7) is 1.08. The van der Waals surface area contributed by atoms with Crippen molar-refractivity contribution in [3.8, 4) is 11.3 Å². The van der Waals surface area contributed by atoms with Gasteiger partial charge in [-0.3, -0.25) is 4.79 Å². The SMILES string of the molecule is CN(CCCCCc1cc(-c2ccccc2)no1)C(=O)c1csc(CN)n1. The van der Waals surface area contributed by atoms with Gasteiger partial charge < -0.3 is 15.2 Å². The number of nitrogens with zero attached hydrogens (tertiary/aromatic N) is 3. The lowest BCUT2D eigenvalue weighted by atomic mass is 10.1. The monoisotopic (exact) mass is 384 g/mol. The molecule has 0 aliphatic carbocycles. The molecule has 6 nitrogen and oxygen atoms in total. The van der Waals surface area contributed by atoms with Crippen LogP contribution in [0.2, 0.25) is 0 Å². The zero-order valence-electron chi connectivity index (χ0n) is 15.4. The second-order valence-corrected chi connectivity index (χ2v) is 7.36. The molecule has 0 radical (unpaired) electrons. The lowest BCUT2D eigenvalue weighted by Gasteiger charge is -2.15. The number of rotatable bonds is 9. The van der Waals surface area contributed by atoms with Crippen molar-refractivity contribution in [3.05, 3.63) is 58.2 Å². The smallest absolute Gasteiger partial charge is 0.273 e. The maximum absolute atomic E-state index is 12.3. The first-order chi connectivity index (χ1) is 13.2. The Balaban J connectivity index is 1.38. The Morgan fingerprint density at radius 1 is 1.22 bits per heavy atom. The first-order valence-electron chi connectivity index (χ1n) is 9.08. The van der Waals surface area contributed by atoms with E-state index in [0.717, 1.165) is 47.7 Å². The van der Waals surface area contributed by atoms with E-state index in [1.165, 1.54) is 11.3 Å². The molecule has 3 rings (SSSR count). The standard InChI is InChI=1S/C20H24N4O2S/c1-24(20(25)18-14-27-19(13-21)22-18)11-7-3-6-10-16-12-17(23-26-16)15-8-4-2-5-9-15/h2,4-5,8-9,12,14H,3,6-7,10-11,13,21H2,1H3. The van der Waals surface area contributed by atoms with Gasteiger partial charge >= 0.3 is 0 Å². The third kappa shape index (κ3) is 5.24. The van der Waals surface area contributed by atoms with Gasteiger partial charge in [0.15, 0.2) is 0 Å². The van der Waals surface area contributed by atoms with Crippen LogP contribution in [0, 0.1) is 0 Å². The van der Waals surface area contributed by atoms with Gasteiger partial charge in [0, 0.05) is 43.6 Å². The molecule has 0 saturated carbocycles. The molecule has 1 aromatic carbocycles. The molecule has 7 heteroatoms. The van der Waals surface area contributed by atoms with Gasteiger partial charge in [0.1, 0.15) is 22.2 Å². The zero-order chi connectivity index (χ0) is 19.1. The number of benzene rings is 1. The summed E-state index contributed by atoms with van der Waals surface area (Å²) in [5, 5.41) is 6.70. The van der Waals surface area contributed by atoms with E-state index in [9.17, 15) is 4.79 Å². The fraction of sp³-hybridized carbons (Fsp3) is 0.350. The molecule has 0 aliphatic heterocycles. The highest BCUT2D eigenvalue weighted by Crippen LogP contribution is 2.19. The molecule has 2 aromatic heterocycles. The van der Waals surface area contributed by atoms with E-state index in [0.29, 0.717) is 18.8 Å². The second-order valence-electron chi connectivity index (χ2n) is 6.41. The predicted octanol–water partition coefficient (Wildman–Crippen LogP) is 3.74. The van der Waals surface area contributed by atoms with Gasteiger partial charge in [0.25, 0.3) is 5.91 Å². The van der Waals surface area contributed by atoms with Gasteiger partial charge in [-0.1, -0.05) is 41.9 Å². The van der Waals surface area contributed by atoms with E-state index in [1.807, 2.05) is 43.4 Å². The number of carbonyl (C=O) groups excluding carboxylic acids is 1. The molecule has 0 fully saturated rings. The van der Waals surface area contributed by atoms with Gasteiger partial charge in [-0.05, 0) is 12.8 Å². The summed E-state index contributed by atoms with van der Waals surface area (Å²) < 4.78 is 5.42. The molecule has 2 heterocycles. The molecule has 0 spiro atoms. The third-order valence-corrected chi connectivity index (χ3v) is 5.21. The van der Waals surface area contributed by atoms with E-state index in [-0.39, 0.29) is 5.91 Å². The van der Waals surface area contributed by atoms with E-state index < -0.39 is 0 Å².